The van der Waals surface area contributed by atoms with E-state index in [0.717, 1.165) is 13.2 Å². The van der Waals surface area contributed by atoms with Gasteiger partial charge in [0.1, 0.15) is 5.60 Å². The predicted molar refractivity (Wildman–Crippen MR) is 127 cm³/mol. The number of alkyl halides is 3. The average molecular weight is 554 g/mol. The Labute approximate surface area is 212 Å². The zero-order chi connectivity index (χ0) is 27.3. The summed E-state index contributed by atoms with van der Waals surface area (Å²) in [7, 11) is -4.74. The zero-order valence-corrected chi connectivity index (χ0v) is 21.6. The van der Waals surface area contributed by atoms with Crippen LogP contribution in [0.15, 0.2) is 42.5 Å². The molecule has 0 aliphatic heterocycles. The largest absolute Gasteiger partial charge is 0.534 e. The monoisotopic (exact) mass is 553 g/mol. The summed E-state index contributed by atoms with van der Waals surface area (Å²) in [5.74, 6) is -0.887. The molecule has 0 spiro atoms. The van der Waals surface area contributed by atoms with Crippen molar-refractivity contribution in [1.82, 2.24) is 4.90 Å². The molecule has 2 aromatic rings. The topological polar surface area (TPSA) is 102 Å². The molecule has 0 radical (unpaired) electrons. The Bertz CT molecular complexity index is 1170. The molecule has 0 unspecified atom stereocenters. The summed E-state index contributed by atoms with van der Waals surface area (Å²) in [6, 6.07) is 10.2. The highest BCUT2D eigenvalue weighted by Crippen LogP contribution is 2.34. The van der Waals surface area contributed by atoms with Gasteiger partial charge in [0.15, 0.2) is 11.5 Å². The molecule has 36 heavy (non-hydrogen) atoms. The van der Waals surface area contributed by atoms with E-state index in [9.17, 15) is 31.5 Å². The van der Waals surface area contributed by atoms with Crippen LogP contribution in [-0.4, -0.2) is 55.8 Å². The van der Waals surface area contributed by atoms with E-state index in [4.69, 9.17) is 21.1 Å². The predicted octanol–water partition coefficient (Wildman–Crippen LogP) is 5.09. The summed E-state index contributed by atoms with van der Waals surface area (Å²) in [6.07, 6.45) is -1.59. The van der Waals surface area contributed by atoms with Crippen LogP contribution in [0.25, 0.3) is 0 Å². The lowest BCUT2D eigenvalue weighted by molar-refractivity contribution is -0.0500. The first-order valence-electron chi connectivity index (χ1n) is 10.6. The van der Waals surface area contributed by atoms with Crippen molar-refractivity contribution in [3.63, 3.8) is 0 Å². The minimum Gasteiger partial charge on any atom is -0.493 e. The van der Waals surface area contributed by atoms with Crippen LogP contribution >= 0.6 is 11.6 Å². The number of amides is 1. The Morgan fingerprint density at radius 3 is 2.33 bits per heavy atom. The SMILES string of the molecule is COc1cc(CCN(C[C@H](O)c2cccc(Cl)c2)C(=O)OC(C)(C)C)ccc1OS(=O)(=O)C(F)(F)F. The second kappa shape index (κ2) is 11.6. The van der Waals surface area contributed by atoms with Crippen LogP contribution in [0, 0.1) is 0 Å². The molecule has 1 N–H and O–H groups in total. The van der Waals surface area contributed by atoms with Crippen molar-refractivity contribution in [2.45, 2.75) is 44.4 Å². The summed E-state index contributed by atoms with van der Waals surface area (Å²) in [6.45, 7) is 4.99. The number of aliphatic hydroxyl groups is 1. The molecule has 0 fully saturated rings. The first-order chi connectivity index (χ1) is 16.5. The molecular weight excluding hydrogens is 527 g/mol. The minimum absolute atomic E-state index is 0.0523. The number of nitrogens with zero attached hydrogens (tertiary/aromatic N) is 1. The van der Waals surface area contributed by atoms with Crippen LogP contribution in [-0.2, 0) is 21.3 Å². The van der Waals surface area contributed by atoms with Crippen molar-refractivity contribution in [2.75, 3.05) is 20.2 Å². The molecule has 0 heterocycles. The number of hydrogen-bond donors (Lipinski definition) is 1. The molecule has 2 aromatic carbocycles. The van der Waals surface area contributed by atoms with Gasteiger partial charge in [-0.05, 0) is 62.6 Å². The first-order valence-corrected chi connectivity index (χ1v) is 12.4. The van der Waals surface area contributed by atoms with Crippen molar-refractivity contribution < 1.29 is 45.1 Å². The molecule has 0 saturated carbocycles. The highest BCUT2D eigenvalue weighted by Gasteiger charge is 2.49. The first kappa shape index (κ1) is 29.5. The minimum atomic E-state index is -5.88. The van der Waals surface area contributed by atoms with E-state index >= 15 is 0 Å². The molecule has 8 nitrogen and oxygen atoms in total. The molecule has 0 aliphatic rings. The Hall–Kier alpha value is -2.70. The third-order valence-electron chi connectivity index (χ3n) is 4.66. The number of ether oxygens (including phenoxy) is 2. The molecular formula is C23H27ClF3NO7S. The molecule has 200 valence electrons. The average Bonchev–Trinajstić information content (AvgIpc) is 2.74. The van der Waals surface area contributed by atoms with Gasteiger partial charge in [-0.3, -0.25) is 0 Å². The van der Waals surface area contributed by atoms with Gasteiger partial charge < -0.3 is 23.7 Å². The highest BCUT2D eigenvalue weighted by atomic mass is 35.5. The number of carbonyl (C=O) groups excluding carboxylic acids is 1. The molecule has 1 amide bonds. The molecule has 13 heteroatoms. The number of halogens is 4. The van der Waals surface area contributed by atoms with E-state index in [-0.39, 0.29) is 25.3 Å². The van der Waals surface area contributed by atoms with Gasteiger partial charge in [0, 0.05) is 11.6 Å². The fourth-order valence-corrected chi connectivity index (χ4v) is 3.64. The number of rotatable bonds is 9. The molecule has 0 bridgehead atoms. The zero-order valence-electron chi connectivity index (χ0n) is 20.0. The third-order valence-corrected chi connectivity index (χ3v) is 5.86. The number of carbonyl (C=O) groups is 1. The van der Waals surface area contributed by atoms with Gasteiger partial charge in [-0.1, -0.05) is 29.8 Å². The standard InChI is InChI=1S/C23H27ClF3NO7S/c1-22(2,3)34-21(30)28(14-18(29)16-6-5-7-17(24)13-16)11-10-15-8-9-19(20(12-15)33-4)35-36(31,32)23(25,26)27/h5-9,12-13,18,29H,10-11,14H2,1-4H3/t18-/m0/s1. The maximum Gasteiger partial charge on any atom is 0.534 e. The van der Waals surface area contributed by atoms with Crippen LogP contribution in [0.2, 0.25) is 5.02 Å². The van der Waals surface area contributed by atoms with Gasteiger partial charge in [-0.15, -0.1) is 0 Å². The van der Waals surface area contributed by atoms with Crippen LogP contribution in [0.3, 0.4) is 0 Å². The maximum atomic E-state index is 12.8. The van der Waals surface area contributed by atoms with E-state index in [1.54, 1.807) is 45.0 Å². The van der Waals surface area contributed by atoms with Crippen LogP contribution in [0.1, 0.15) is 38.0 Å². The molecule has 2 rings (SSSR count). The maximum absolute atomic E-state index is 12.8. The van der Waals surface area contributed by atoms with Crippen molar-refractivity contribution >= 4 is 27.8 Å². The van der Waals surface area contributed by atoms with E-state index in [1.807, 2.05) is 0 Å². The molecule has 0 aliphatic carbocycles. The second-order valence-electron chi connectivity index (χ2n) is 8.72. The molecule has 1 atom stereocenters. The van der Waals surface area contributed by atoms with Gasteiger partial charge in [0.25, 0.3) is 0 Å². The van der Waals surface area contributed by atoms with Gasteiger partial charge in [0.05, 0.1) is 19.8 Å². The number of aliphatic hydroxyl groups excluding tert-OH is 1. The highest BCUT2D eigenvalue weighted by molar-refractivity contribution is 7.88. The fraction of sp³-hybridized carbons (Fsp3) is 0.435. The summed E-state index contributed by atoms with van der Waals surface area (Å²) in [5, 5.41) is 11.1. The van der Waals surface area contributed by atoms with Crippen molar-refractivity contribution in [3.8, 4) is 11.5 Å². The number of methoxy groups -OCH3 is 1. The smallest absolute Gasteiger partial charge is 0.493 e. The van der Waals surface area contributed by atoms with E-state index < -0.39 is 39.2 Å². The summed E-state index contributed by atoms with van der Waals surface area (Å²) >= 11 is 5.98. The van der Waals surface area contributed by atoms with Gasteiger partial charge >= 0.3 is 21.7 Å². The number of hydrogen-bond acceptors (Lipinski definition) is 7. The lowest BCUT2D eigenvalue weighted by Crippen LogP contribution is -2.40. The summed E-state index contributed by atoms with van der Waals surface area (Å²) in [5.41, 5.74) is -5.42. The van der Waals surface area contributed by atoms with E-state index in [1.165, 1.54) is 17.0 Å². The second-order valence-corrected chi connectivity index (χ2v) is 10.7. The molecule has 0 aromatic heterocycles. The van der Waals surface area contributed by atoms with Gasteiger partial charge in [-0.2, -0.15) is 21.6 Å². The number of benzene rings is 2. The van der Waals surface area contributed by atoms with E-state index in [0.29, 0.717) is 16.1 Å². The van der Waals surface area contributed by atoms with Gasteiger partial charge in [0.2, 0.25) is 0 Å². The summed E-state index contributed by atoms with van der Waals surface area (Å²) < 4.78 is 75.2. The van der Waals surface area contributed by atoms with Crippen LogP contribution < -0.4 is 8.92 Å². The lowest BCUT2D eigenvalue weighted by Gasteiger charge is -2.29. The van der Waals surface area contributed by atoms with Crippen molar-refractivity contribution in [1.29, 1.82) is 0 Å². The Morgan fingerprint density at radius 1 is 1.11 bits per heavy atom. The summed E-state index contributed by atoms with van der Waals surface area (Å²) in [4.78, 5) is 14.1. The van der Waals surface area contributed by atoms with Crippen molar-refractivity contribution in [3.05, 3.63) is 58.6 Å². The molecule has 0 saturated heterocycles. The van der Waals surface area contributed by atoms with Crippen LogP contribution in [0.5, 0.6) is 11.5 Å². The quantitative estimate of drug-likeness (QED) is 0.341. The lowest BCUT2D eigenvalue weighted by atomic mass is 10.1. The fourth-order valence-electron chi connectivity index (χ4n) is 2.98. The Morgan fingerprint density at radius 2 is 1.78 bits per heavy atom. The Balaban J connectivity index is 2.22. The normalized spacial score (nSPS) is 13.1. The van der Waals surface area contributed by atoms with E-state index in [2.05, 4.69) is 4.18 Å². The Kier molecular flexibility index (Phi) is 9.49. The van der Waals surface area contributed by atoms with Crippen LogP contribution in [0.4, 0.5) is 18.0 Å². The van der Waals surface area contributed by atoms with Gasteiger partial charge in [-0.25, -0.2) is 4.79 Å². The third kappa shape index (κ3) is 8.45. The van der Waals surface area contributed by atoms with Crippen molar-refractivity contribution in [2.24, 2.45) is 0 Å².